The highest BCUT2D eigenvalue weighted by Crippen LogP contribution is 2.23. The van der Waals surface area contributed by atoms with Gasteiger partial charge in [-0.15, -0.1) is 0 Å². The van der Waals surface area contributed by atoms with E-state index in [4.69, 9.17) is 21.1 Å². The van der Waals surface area contributed by atoms with Gasteiger partial charge in [0.25, 0.3) is 5.91 Å². The quantitative estimate of drug-likeness (QED) is 0.635. The minimum absolute atomic E-state index is 0.0295. The predicted molar refractivity (Wildman–Crippen MR) is 105 cm³/mol. The molecular formula is C20H18ClN5O3. The van der Waals surface area contributed by atoms with Crippen LogP contribution in [0.2, 0.25) is 5.15 Å². The molecule has 8 nitrogen and oxygen atoms in total. The molecule has 3 aromatic rings. The Labute approximate surface area is 172 Å². The molecule has 0 N–H and O–H groups in total. The van der Waals surface area contributed by atoms with Crippen LogP contribution in [0.25, 0.3) is 0 Å². The fraction of sp³-hybridized carbons (Fsp3) is 0.250. The van der Waals surface area contributed by atoms with Crippen molar-refractivity contribution in [1.82, 2.24) is 24.8 Å². The van der Waals surface area contributed by atoms with Crippen LogP contribution in [-0.4, -0.2) is 49.9 Å². The van der Waals surface area contributed by atoms with E-state index in [-0.39, 0.29) is 12.0 Å². The van der Waals surface area contributed by atoms with Crippen molar-refractivity contribution >= 4 is 17.5 Å². The van der Waals surface area contributed by atoms with Crippen LogP contribution in [-0.2, 0) is 0 Å². The largest absolute Gasteiger partial charge is 0.473 e. The Hall–Kier alpha value is -3.26. The third-order valence-electron chi connectivity index (χ3n) is 4.44. The summed E-state index contributed by atoms with van der Waals surface area (Å²) in [5.41, 5.74) is 0.562. The van der Waals surface area contributed by atoms with Crippen molar-refractivity contribution in [1.29, 1.82) is 0 Å². The van der Waals surface area contributed by atoms with E-state index in [1.165, 1.54) is 18.6 Å². The number of rotatable bonds is 5. The lowest BCUT2D eigenvalue weighted by Gasteiger charge is -2.32. The molecule has 3 heterocycles. The minimum atomic E-state index is -0.0457. The number of halogens is 1. The molecule has 0 radical (unpaired) electrons. The van der Waals surface area contributed by atoms with Crippen LogP contribution in [0.4, 0.5) is 0 Å². The van der Waals surface area contributed by atoms with Crippen molar-refractivity contribution < 1.29 is 14.3 Å². The Morgan fingerprint density at radius 1 is 1.07 bits per heavy atom. The van der Waals surface area contributed by atoms with Crippen LogP contribution in [0, 0.1) is 0 Å². The second-order valence-electron chi connectivity index (χ2n) is 6.46. The standard InChI is InChI=1S/C20H18ClN5O3/c21-17-11-23-13-19(25-17)28-15-4-8-26(9-5-15)20(27)14-2-1-3-16(10-14)29-18-12-22-6-7-24-18/h1-3,6-7,10-13,15H,4-5,8-9H2. The predicted octanol–water partition coefficient (Wildman–Crippen LogP) is 3.40. The van der Waals surface area contributed by atoms with Crippen molar-refractivity contribution in [3.8, 4) is 17.5 Å². The summed E-state index contributed by atoms with van der Waals surface area (Å²) in [5, 5.41) is 0.290. The number of carbonyl (C=O) groups is 1. The van der Waals surface area contributed by atoms with E-state index in [1.807, 2.05) is 4.90 Å². The van der Waals surface area contributed by atoms with Crippen LogP contribution in [0.1, 0.15) is 23.2 Å². The molecule has 148 valence electrons. The first-order valence-electron chi connectivity index (χ1n) is 9.15. The summed E-state index contributed by atoms with van der Waals surface area (Å²) in [7, 11) is 0. The van der Waals surface area contributed by atoms with Gasteiger partial charge >= 0.3 is 0 Å². The second-order valence-corrected chi connectivity index (χ2v) is 6.85. The van der Waals surface area contributed by atoms with Gasteiger partial charge in [-0.2, -0.15) is 4.98 Å². The number of ether oxygens (including phenoxy) is 2. The molecule has 0 unspecified atom stereocenters. The number of nitrogens with zero attached hydrogens (tertiary/aromatic N) is 5. The van der Waals surface area contributed by atoms with E-state index >= 15 is 0 Å². The monoisotopic (exact) mass is 411 g/mol. The van der Waals surface area contributed by atoms with Crippen LogP contribution in [0.5, 0.6) is 17.5 Å². The van der Waals surface area contributed by atoms with Crippen LogP contribution < -0.4 is 9.47 Å². The number of likely N-dealkylation sites (tertiary alicyclic amines) is 1. The first-order valence-corrected chi connectivity index (χ1v) is 9.52. The average Bonchev–Trinajstić information content (AvgIpc) is 2.75. The van der Waals surface area contributed by atoms with Crippen LogP contribution in [0.15, 0.2) is 55.2 Å². The van der Waals surface area contributed by atoms with Crippen molar-refractivity contribution in [3.05, 3.63) is 66.0 Å². The van der Waals surface area contributed by atoms with Gasteiger partial charge in [-0.3, -0.25) is 14.8 Å². The highest BCUT2D eigenvalue weighted by molar-refractivity contribution is 6.29. The van der Waals surface area contributed by atoms with E-state index in [0.717, 1.165) is 0 Å². The summed E-state index contributed by atoms with van der Waals surface area (Å²) in [6.07, 6.45) is 9.00. The summed E-state index contributed by atoms with van der Waals surface area (Å²) >= 11 is 5.83. The van der Waals surface area contributed by atoms with Gasteiger partial charge in [0, 0.05) is 43.9 Å². The number of benzene rings is 1. The average molecular weight is 412 g/mol. The Balaban J connectivity index is 1.35. The highest BCUT2D eigenvalue weighted by atomic mass is 35.5. The van der Waals surface area contributed by atoms with Gasteiger partial charge in [-0.1, -0.05) is 17.7 Å². The summed E-state index contributed by atoms with van der Waals surface area (Å²) in [5.74, 6) is 1.26. The molecule has 29 heavy (non-hydrogen) atoms. The van der Waals surface area contributed by atoms with Gasteiger partial charge in [0.15, 0.2) is 5.15 Å². The zero-order chi connectivity index (χ0) is 20.1. The molecule has 1 saturated heterocycles. The van der Waals surface area contributed by atoms with Gasteiger partial charge in [-0.25, -0.2) is 4.98 Å². The van der Waals surface area contributed by atoms with Crippen molar-refractivity contribution in [3.63, 3.8) is 0 Å². The number of hydrogen-bond donors (Lipinski definition) is 0. The van der Waals surface area contributed by atoms with Crippen molar-refractivity contribution in [2.45, 2.75) is 18.9 Å². The molecule has 9 heteroatoms. The van der Waals surface area contributed by atoms with Gasteiger partial charge in [-0.05, 0) is 18.2 Å². The summed E-state index contributed by atoms with van der Waals surface area (Å²) in [6.45, 7) is 1.18. The molecule has 2 aromatic heterocycles. The number of aromatic nitrogens is 4. The molecule has 4 rings (SSSR count). The lowest BCUT2D eigenvalue weighted by atomic mass is 10.1. The first kappa shape index (κ1) is 19.1. The molecule has 1 aliphatic rings. The van der Waals surface area contributed by atoms with E-state index in [1.54, 1.807) is 36.7 Å². The Morgan fingerprint density at radius 3 is 2.66 bits per heavy atom. The minimum Gasteiger partial charge on any atom is -0.473 e. The Bertz CT molecular complexity index is 981. The second kappa shape index (κ2) is 8.83. The molecule has 1 amide bonds. The maximum absolute atomic E-state index is 12.9. The molecule has 0 saturated carbocycles. The summed E-state index contributed by atoms with van der Waals surface area (Å²) < 4.78 is 11.5. The molecule has 0 aliphatic carbocycles. The number of carbonyl (C=O) groups excluding carboxylic acids is 1. The molecule has 1 fully saturated rings. The van der Waals surface area contributed by atoms with Crippen LogP contribution >= 0.6 is 11.6 Å². The topological polar surface area (TPSA) is 90.3 Å². The summed E-state index contributed by atoms with van der Waals surface area (Å²) in [6, 6.07) is 7.04. The lowest BCUT2D eigenvalue weighted by molar-refractivity contribution is 0.0587. The van der Waals surface area contributed by atoms with Crippen molar-refractivity contribution in [2.24, 2.45) is 0 Å². The first-order chi connectivity index (χ1) is 14.2. The molecule has 0 bridgehead atoms. The maximum atomic E-state index is 12.9. The summed E-state index contributed by atoms with van der Waals surface area (Å²) in [4.78, 5) is 30.8. The number of amides is 1. The zero-order valence-corrected chi connectivity index (χ0v) is 16.2. The van der Waals surface area contributed by atoms with Gasteiger partial charge in [0.1, 0.15) is 11.9 Å². The normalized spacial score (nSPS) is 14.4. The highest BCUT2D eigenvalue weighted by Gasteiger charge is 2.25. The third kappa shape index (κ3) is 4.97. The van der Waals surface area contributed by atoms with E-state index in [2.05, 4.69) is 19.9 Å². The Kier molecular flexibility index (Phi) is 5.81. The van der Waals surface area contributed by atoms with E-state index in [0.29, 0.717) is 54.2 Å². The Morgan fingerprint density at radius 2 is 1.90 bits per heavy atom. The number of hydrogen-bond acceptors (Lipinski definition) is 7. The fourth-order valence-corrected chi connectivity index (χ4v) is 3.20. The molecule has 1 aromatic carbocycles. The molecule has 0 atom stereocenters. The lowest BCUT2D eigenvalue weighted by Crippen LogP contribution is -2.41. The van der Waals surface area contributed by atoms with Gasteiger partial charge < -0.3 is 14.4 Å². The number of piperidine rings is 1. The molecular weight excluding hydrogens is 394 g/mol. The zero-order valence-electron chi connectivity index (χ0n) is 15.4. The fourth-order valence-electron chi connectivity index (χ4n) is 3.06. The SMILES string of the molecule is O=C(c1cccc(Oc2cnccn2)c1)N1CCC(Oc2cncc(Cl)n2)CC1. The molecule has 0 spiro atoms. The third-order valence-corrected chi connectivity index (χ3v) is 4.62. The van der Waals surface area contributed by atoms with Crippen molar-refractivity contribution in [2.75, 3.05) is 13.1 Å². The van der Waals surface area contributed by atoms with Gasteiger partial charge in [0.2, 0.25) is 11.8 Å². The maximum Gasteiger partial charge on any atom is 0.253 e. The molecule has 1 aliphatic heterocycles. The smallest absolute Gasteiger partial charge is 0.253 e. The van der Waals surface area contributed by atoms with Gasteiger partial charge in [0.05, 0.1) is 18.6 Å². The van der Waals surface area contributed by atoms with E-state index < -0.39 is 0 Å². The van der Waals surface area contributed by atoms with Crippen LogP contribution in [0.3, 0.4) is 0 Å². The van der Waals surface area contributed by atoms with E-state index in [9.17, 15) is 4.79 Å².